The van der Waals surface area contributed by atoms with Crippen LogP contribution >= 0.6 is 0 Å². The second-order valence-electron chi connectivity index (χ2n) is 4.93. The summed E-state index contributed by atoms with van der Waals surface area (Å²) in [5.74, 6) is -0.358. The van der Waals surface area contributed by atoms with Crippen LogP contribution < -0.4 is 11.1 Å². The molecule has 0 radical (unpaired) electrons. The Kier molecular flexibility index (Phi) is 2.26. The van der Waals surface area contributed by atoms with E-state index in [9.17, 15) is 9.59 Å². The molecule has 0 atom stereocenters. The molecule has 3 N–H and O–H groups in total. The highest BCUT2D eigenvalue weighted by Gasteiger charge is 2.50. The molecule has 1 saturated carbocycles. The standard InChI is InChI=1S/C14H14N2O2/c15-12(17)5-3-9-2-4-11-10(8-9)14(6-1-7-14)13(18)16-11/h2-5,8H,1,6-7H2,(H2,15,17)(H,16,18). The molecule has 92 valence electrons. The Bertz CT molecular complexity index is 571. The summed E-state index contributed by atoms with van der Waals surface area (Å²) < 4.78 is 0. The Morgan fingerprint density at radius 1 is 1.39 bits per heavy atom. The third kappa shape index (κ3) is 1.45. The van der Waals surface area contributed by atoms with Gasteiger partial charge < -0.3 is 11.1 Å². The summed E-state index contributed by atoms with van der Waals surface area (Å²) >= 11 is 0. The topological polar surface area (TPSA) is 72.2 Å². The Labute approximate surface area is 105 Å². The first-order chi connectivity index (χ1) is 8.62. The largest absolute Gasteiger partial charge is 0.366 e. The number of benzene rings is 1. The number of nitrogens with one attached hydrogen (secondary N) is 1. The van der Waals surface area contributed by atoms with Crippen molar-refractivity contribution in [2.45, 2.75) is 24.7 Å². The zero-order valence-electron chi connectivity index (χ0n) is 9.90. The van der Waals surface area contributed by atoms with Crippen LogP contribution in [0, 0.1) is 0 Å². The van der Waals surface area contributed by atoms with Crippen LogP contribution in [-0.4, -0.2) is 11.8 Å². The predicted molar refractivity (Wildman–Crippen MR) is 68.8 cm³/mol. The molecule has 2 amide bonds. The molecule has 4 nitrogen and oxygen atoms in total. The number of primary amides is 1. The first-order valence-electron chi connectivity index (χ1n) is 6.05. The fourth-order valence-electron chi connectivity index (χ4n) is 2.74. The van der Waals surface area contributed by atoms with Crippen molar-refractivity contribution < 1.29 is 9.59 Å². The van der Waals surface area contributed by atoms with E-state index in [1.54, 1.807) is 6.08 Å². The van der Waals surface area contributed by atoms with E-state index >= 15 is 0 Å². The molecule has 1 heterocycles. The maximum absolute atomic E-state index is 12.0. The molecule has 1 aromatic rings. The molecule has 18 heavy (non-hydrogen) atoms. The Morgan fingerprint density at radius 2 is 2.17 bits per heavy atom. The maximum atomic E-state index is 12.0. The summed E-state index contributed by atoms with van der Waals surface area (Å²) in [6, 6.07) is 5.74. The fourth-order valence-corrected chi connectivity index (χ4v) is 2.74. The van der Waals surface area contributed by atoms with Gasteiger partial charge in [-0.1, -0.05) is 12.5 Å². The van der Waals surface area contributed by atoms with Gasteiger partial charge in [0.15, 0.2) is 0 Å². The quantitative estimate of drug-likeness (QED) is 0.772. The van der Waals surface area contributed by atoms with E-state index in [0.29, 0.717) is 0 Å². The number of carbonyl (C=O) groups excluding carboxylic acids is 2. The van der Waals surface area contributed by atoms with E-state index in [4.69, 9.17) is 5.73 Å². The molecule has 0 bridgehead atoms. The lowest BCUT2D eigenvalue weighted by atomic mass is 9.65. The van der Waals surface area contributed by atoms with Gasteiger partial charge in [-0.05, 0) is 42.2 Å². The van der Waals surface area contributed by atoms with E-state index in [1.807, 2.05) is 18.2 Å². The van der Waals surface area contributed by atoms with E-state index < -0.39 is 5.91 Å². The number of hydrogen-bond acceptors (Lipinski definition) is 2. The predicted octanol–water partition coefficient (Wildman–Crippen LogP) is 1.56. The minimum absolute atomic E-state index is 0.111. The van der Waals surface area contributed by atoms with Crippen LogP contribution in [0.5, 0.6) is 0 Å². The smallest absolute Gasteiger partial charge is 0.241 e. The number of fused-ring (bicyclic) bond motifs is 2. The van der Waals surface area contributed by atoms with E-state index in [1.165, 1.54) is 6.08 Å². The fraction of sp³-hybridized carbons (Fsp3) is 0.286. The van der Waals surface area contributed by atoms with Gasteiger partial charge in [0.1, 0.15) is 0 Å². The van der Waals surface area contributed by atoms with Crippen LogP contribution in [0.2, 0.25) is 0 Å². The zero-order chi connectivity index (χ0) is 12.8. The minimum atomic E-state index is -0.469. The number of anilines is 1. The van der Waals surface area contributed by atoms with Gasteiger partial charge in [-0.2, -0.15) is 0 Å². The third-order valence-corrected chi connectivity index (χ3v) is 3.89. The van der Waals surface area contributed by atoms with Gasteiger partial charge in [0.2, 0.25) is 11.8 Å². The Morgan fingerprint density at radius 3 is 2.78 bits per heavy atom. The van der Waals surface area contributed by atoms with Crippen molar-refractivity contribution in [3.8, 4) is 0 Å². The first kappa shape index (κ1) is 11.0. The SMILES string of the molecule is NC(=O)C=Cc1ccc2c(c1)C1(CCC1)C(=O)N2. The zero-order valence-corrected chi connectivity index (χ0v) is 9.90. The molecule has 1 aliphatic heterocycles. The number of carbonyl (C=O) groups is 2. The van der Waals surface area contributed by atoms with Crippen molar-refractivity contribution in [3.63, 3.8) is 0 Å². The third-order valence-electron chi connectivity index (χ3n) is 3.89. The van der Waals surface area contributed by atoms with Crippen molar-refractivity contribution >= 4 is 23.6 Å². The van der Waals surface area contributed by atoms with Crippen LogP contribution in [0.3, 0.4) is 0 Å². The summed E-state index contributed by atoms with van der Waals surface area (Å²) in [5.41, 5.74) is 7.62. The van der Waals surface area contributed by atoms with Gasteiger partial charge in [0.05, 0.1) is 5.41 Å². The molecule has 1 aromatic carbocycles. The molecule has 2 aliphatic rings. The highest BCUT2D eigenvalue weighted by atomic mass is 16.2. The Balaban J connectivity index is 2.01. The molecular formula is C14H14N2O2. The van der Waals surface area contributed by atoms with E-state index in [2.05, 4.69) is 5.32 Å². The van der Waals surface area contributed by atoms with Gasteiger partial charge in [0.25, 0.3) is 0 Å². The molecule has 0 saturated heterocycles. The summed E-state index contributed by atoms with van der Waals surface area (Å²) in [6.45, 7) is 0. The van der Waals surface area contributed by atoms with E-state index in [0.717, 1.165) is 36.1 Å². The van der Waals surface area contributed by atoms with Crippen molar-refractivity contribution in [2.24, 2.45) is 5.73 Å². The van der Waals surface area contributed by atoms with Gasteiger partial charge in [0, 0.05) is 11.8 Å². The van der Waals surface area contributed by atoms with Crippen molar-refractivity contribution in [2.75, 3.05) is 5.32 Å². The average Bonchev–Trinajstić information content (AvgIpc) is 2.57. The van der Waals surface area contributed by atoms with Gasteiger partial charge in [-0.3, -0.25) is 9.59 Å². The van der Waals surface area contributed by atoms with E-state index in [-0.39, 0.29) is 11.3 Å². The molecule has 4 heteroatoms. The Hall–Kier alpha value is -2.10. The van der Waals surface area contributed by atoms with Crippen molar-refractivity contribution in [3.05, 3.63) is 35.4 Å². The summed E-state index contributed by atoms with van der Waals surface area (Å²) in [4.78, 5) is 22.7. The monoisotopic (exact) mass is 242 g/mol. The van der Waals surface area contributed by atoms with Crippen LogP contribution in [0.15, 0.2) is 24.3 Å². The molecule has 1 fully saturated rings. The lowest BCUT2D eigenvalue weighted by molar-refractivity contribution is -0.123. The first-order valence-corrected chi connectivity index (χ1v) is 6.05. The molecule has 0 aromatic heterocycles. The highest BCUT2D eigenvalue weighted by molar-refractivity contribution is 6.07. The van der Waals surface area contributed by atoms with Gasteiger partial charge in [-0.25, -0.2) is 0 Å². The maximum Gasteiger partial charge on any atom is 0.241 e. The minimum Gasteiger partial charge on any atom is -0.366 e. The summed E-state index contributed by atoms with van der Waals surface area (Å²) in [5, 5.41) is 2.93. The number of nitrogens with two attached hydrogens (primary N) is 1. The highest BCUT2D eigenvalue weighted by Crippen LogP contribution is 2.51. The second kappa shape index (κ2) is 3.70. The molecule has 1 spiro atoms. The molecule has 0 unspecified atom stereocenters. The molecule has 3 rings (SSSR count). The average molecular weight is 242 g/mol. The molecular weight excluding hydrogens is 228 g/mol. The van der Waals surface area contributed by atoms with Crippen molar-refractivity contribution in [1.82, 2.24) is 0 Å². The summed E-state index contributed by atoms with van der Waals surface area (Å²) in [6.07, 6.45) is 5.93. The van der Waals surface area contributed by atoms with Crippen LogP contribution in [-0.2, 0) is 15.0 Å². The van der Waals surface area contributed by atoms with Gasteiger partial charge in [-0.15, -0.1) is 0 Å². The number of amides is 2. The van der Waals surface area contributed by atoms with Gasteiger partial charge >= 0.3 is 0 Å². The number of rotatable bonds is 2. The second-order valence-corrected chi connectivity index (χ2v) is 4.93. The van der Waals surface area contributed by atoms with Crippen LogP contribution in [0.25, 0.3) is 6.08 Å². The lowest BCUT2D eigenvalue weighted by Crippen LogP contribution is -2.40. The lowest BCUT2D eigenvalue weighted by Gasteiger charge is -2.36. The molecule has 1 aliphatic carbocycles. The van der Waals surface area contributed by atoms with Crippen molar-refractivity contribution in [1.29, 1.82) is 0 Å². The number of hydrogen-bond donors (Lipinski definition) is 2. The normalized spacial score (nSPS) is 19.7. The summed E-state index contributed by atoms with van der Waals surface area (Å²) in [7, 11) is 0. The van der Waals surface area contributed by atoms with Crippen LogP contribution in [0.1, 0.15) is 30.4 Å². The van der Waals surface area contributed by atoms with Crippen LogP contribution in [0.4, 0.5) is 5.69 Å².